The van der Waals surface area contributed by atoms with Crippen LogP contribution in [0.15, 0.2) is 6.07 Å². The van der Waals surface area contributed by atoms with E-state index < -0.39 is 5.97 Å². The molecular formula is C14H19NO3S. The van der Waals surface area contributed by atoms with Crippen molar-refractivity contribution in [2.75, 3.05) is 13.1 Å². The minimum atomic E-state index is -0.946. The van der Waals surface area contributed by atoms with Crippen molar-refractivity contribution in [3.05, 3.63) is 21.4 Å². The molecule has 0 bridgehead atoms. The van der Waals surface area contributed by atoms with Gasteiger partial charge in [0.1, 0.15) is 6.54 Å². The Bertz CT molecular complexity index is 491. The molecule has 0 saturated heterocycles. The third-order valence-corrected chi connectivity index (χ3v) is 4.48. The summed E-state index contributed by atoms with van der Waals surface area (Å²) in [5.74, 6) is -0.588. The van der Waals surface area contributed by atoms with Gasteiger partial charge < -0.3 is 10.0 Å². The van der Waals surface area contributed by atoms with E-state index in [0.29, 0.717) is 17.3 Å². The molecule has 1 saturated carbocycles. The topological polar surface area (TPSA) is 57.6 Å². The molecule has 1 aliphatic carbocycles. The van der Waals surface area contributed by atoms with Crippen LogP contribution in [0.4, 0.5) is 0 Å². The predicted octanol–water partition coefficient (Wildman–Crippen LogP) is 2.56. The summed E-state index contributed by atoms with van der Waals surface area (Å²) in [4.78, 5) is 26.6. The van der Waals surface area contributed by atoms with Crippen LogP contribution in [0.25, 0.3) is 0 Å². The van der Waals surface area contributed by atoms with Gasteiger partial charge in [-0.25, -0.2) is 0 Å². The Hall–Kier alpha value is -1.36. The molecule has 19 heavy (non-hydrogen) atoms. The van der Waals surface area contributed by atoms with Crippen LogP contribution in [0.1, 0.15) is 39.9 Å². The Balaban J connectivity index is 2.13. The van der Waals surface area contributed by atoms with Gasteiger partial charge in [0, 0.05) is 11.4 Å². The average Bonchev–Trinajstić information content (AvgIpc) is 3.08. The van der Waals surface area contributed by atoms with E-state index in [1.807, 2.05) is 13.0 Å². The lowest BCUT2D eigenvalue weighted by Gasteiger charge is -2.19. The van der Waals surface area contributed by atoms with Crippen molar-refractivity contribution in [1.29, 1.82) is 0 Å². The van der Waals surface area contributed by atoms with Crippen LogP contribution < -0.4 is 0 Å². The fourth-order valence-corrected chi connectivity index (χ4v) is 3.21. The monoisotopic (exact) mass is 281 g/mol. The summed E-state index contributed by atoms with van der Waals surface area (Å²) in [6.45, 7) is 4.43. The van der Waals surface area contributed by atoms with Crippen LogP contribution in [0, 0.1) is 12.8 Å². The highest BCUT2D eigenvalue weighted by atomic mass is 32.1. The number of amides is 1. The number of carbonyl (C=O) groups is 2. The number of hydrogen-bond donors (Lipinski definition) is 1. The van der Waals surface area contributed by atoms with Crippen LogP contribution in [-0.2, 0) is 11.2 Å². The molecule has 5 heteroatoms. The number of carboxylic acids is 1. The smallest absolute Gasteiger partial charge is 0.323 e. The van der Waals surface area contributed by atoms with Gasteiger partial charge in [-0.05, 0) is 43.7 Å². The van der Waals surface area contributed by atoms with E-state index in [2.05, 4.69) is 6.92 Å². The molecule has 0 atom stereocenters. The largest absolute Gasteiger partial charge is 0.480 e. The number of nitrogens with zero attached hydrogens (tertiary/aromatic N) is 1. The summed E-state index contributed by atoms with van der Waals surface area (Å²) in [7, 11) is 0. The maximum atomic E-state index is 12.4. The van der Waals surface area contributed by atoms with Gasteiger partial charge in [-0.2, -0.15) is 0 Å². The van der Waals surface area contributed by atoms with Gasteiger partial charge in [-0.3, -0.25) is 9.59 Å². The van der Waals surface area contributed by atoms with Crippen LogP contribution in [-0.4, -0.2) is 35.0 Å². The number of aliphatic carboxylic acids is 1. The van der Waals surface area contributed by atoms with E-state index in [9.17, 15) is 9.59 Å². The van der Waals surface area contributed by atoms with Gasteiger partial charge in [-0.15, -0.1) is 11.3 Å². The molecule has 1 fully saturated rings. The molecule has 1 aliphatic rings. The van der Waals surface area contributed by atoms with Crippen LogP contribution in [0.3, 0.4) is 0 Å². The molecule has 0 spiro atoms. The molecular weight excluding hydrogens is 262 g/mol. The summed E-state index contributed by atoms with van der Waals surface area (Å²) < 4.78 is 0. The molecule has 0 aliphatic heterocycles. The van der Waals surface area contributed by atoms with E-state index in [4.69, 9.17) is 5.11 Å². The fraction of sp³-hybridized carbons (Fsp3) is 0.571. The summed E-state index contributed by atoms with van der Waals surface area (Å²) in [6, 6.07) is 1.91. The van der Waals surface area contributed by atoms with Crippen molar-refractivity contribution in [1.82, 2.24) is 4.90 Å². The first-order valence-corrected chi connectivity index (χ1v) is 7.43. The second kappa shape index (κ2) is 5.74. The Morgan fingerprint density at radius 3 is 2.63 bits per heavy atom. The third-order valence-electron chi connectivity index (χ3n) is 3.40. The quantitative estimate of drug-likeness (QED) is 0.872. The molecule has 0 radical (unpaired) electrons. The van der Waals surface area contributed by atoms with Crippen molar-refractivity contribution in [2.24, 2.45) is 5.92 Å². The Labute approximate surface area is 117 Å². The van der Waals surface area contributed by atoms with Gasteiger partial charge in [0.25, 0.3) is 5.91 Å². The maximum Gasteiger partial charge on any atom is 0.323 e. The number of rotatable bonds is 6. The van der Waals surface area contributed by atoms with Crippen LogP contribution in [0.5, 0.6) is 0 Å². The molecule has 1 N–H and O–H groups in total. The van der Waals surface area contributed by atoms with Crippen LogP contribution in [0.2, 0.25) is 0 Å². The number of carbonyl (C=O) groups excluding carboxylic acids is 1. The van der Waals surface area contributed by atoms with Gasteiger partial charge in [0.2, 0.25) is 0 Å². The van der Waals surface area contributed by atoms with Crippen molar-refractivity contribution in [2.45, 2.75) is 33.1 Å². The van der Waals surface area contributed by atoms with E-state index >= 15 is 0 Å². The molecule has 1 amide bonds. The summed E-state index contributed by atoms with van der Waals surface area (Å²) >= 11 is 1.47. The molecule has 0 aromatic carbocycles. The van der Waals surface area contributed by atoms with Gasteiger partial charge in [0.05, 0.1) is 4.88 Å². The van der Waals surface area contributed by atoms with E-state index in [1.165, 1.54) is 21.8 Å². The standard InChI is InChI=1S/C14H19NO3S/c1-3-11-6-12(19-9(11)2)14(18)15(8-13(16)17)7-10-4-5-10/h6,10H,3-5,7-8H2,1-2H3,(H,16,17). The zero-order valence-corrected chi connectivity index (χ0v) is 12.1. The molecule has 1 aromatic heterocycles. The maximum absolute atomic E-state index is 12.4. The highest BCUT2D eigenvalue weighted by Crippen LogP contribution is 2.31. The second-order valence-corrected chi connectivity index (χ2v) is 6.32. The van der Waals surface area contributed by atoms with Gasteiger partial charge >= 0.3 is 5.97 Å². The summed E-state index contributed by atoms with van der Waals surface area (Å²) in [5, 5.41) is 8.93. The van der Waals surface area contributed by atoms with Crippen molar-refractivity contribution >= 4 is 23.2 Å². The highest BCUT2D eigenvalue weighted by molar-refractivity contribution is 7.14. The lowest BCUT2D eigenvalue weighted by molar-refractivity contribution is -0.137. The molecule has 1 heterocycles. The SMILES string of the molecule is CCc1cc(C(=O)N(CC(=O)O)CC2CC2)sc1C. The first-order valence-electron chi connectivity index (χ1n) is 6.61. The zero-order valence-electron chi connectivity index (χ0n) is 11.3. The van der Waals surface area contributed by atoms with Crippen molar-refractivity contribution < 1.29 is 14.7 Å². The Morgan fingerprint density at radius 2 is 2.16 bits per heavy atom. The van der Waals surface area contributed by atoms with Crippen molar-refractivity contribution in [3.63, 3.8) is 0 Å². The molecule has 4 nitrogen and oxygen atoms in total. The van der Waals surface area contributed by atoms with E-state index in [-0.39, 0.29) is 12.5 Å². The second-order valence-electron chi connectivity index (χ2n) is 5.07. The third kappa shape index (κ3) is 3.56. The lowest BCUT2D eigenvalue weighted by atomic mass is 10.2. The van der Waals surface area contributed by atoms with E-state index in [1.54, 1.807) is 0 Å². The number of aryl methyl sites for hydroxylation is 2. The molecule has 2 rings (SSSR count). The van der Waals surface area contributed by atoms with Crippen molar-refractivity contribution in [3.8, 4) is 0 Å². The molecule has 104 valence electrons. The minimum Gasteiger partial charge on any atom is -0.480 e. The highest BCUT2D eigenvalue weighted by Gasteiger charge is 2.29. The normalized spacial score (nSPS) is 14.4. The summed E-state index contributed by atoms with van der Waals surface area (Å²) in [5.41, 5.74) is 1.18. The van der Waals surface area contributed by atoms with Gasteiger partial charge in [-0.1, -0.05) is 6.92 Å². The average molecular weight is 281 g/mol. The summed E-state index contributed by atoms with van der Waals surface area (Å²) in [6.07, 6.45) is 3.11. The first kappa shape index (κ1) is 14.1. The predicted molar refractivity (Wildman–Crippen MR) is 74.7 cm³/mol. The van der Waals surface area contributed by atoms with E-state index in [0.717, 1.165) is 24.1 Å². The Kier molecular flexibility index (Phi) is 4.24. The molecule has 0 unspecified atom stereocenters. The minimum absolute atomic E-state index is 0.137. The number of thiophene rings is 1. The Morgan fingerprint density at radius 1 is 1.47 bits per heavy atom. The zero-order chi connectivity index (χ0) is 14.0. The molecule has 1 aromatic rings. The number of hydrogen-bond acceptors (Lipinski definition) is 3. The lowest BCUT2D eigenvalue weighted by Crippen LogP contribution is -2.36. The first-order chi connectivity index (χ1) is 9.01. The van der Waals surface area contributed by atoms with Crippen LogP contribution >= 0.6 is 11.3 Å². The fourth-order valence-electron chi connectivity index (χ4n) is 2.13. The number of carboxylic acid groups (broad SMARTS) is 1. The van der Waals surface area contributed by atoms with Gasteiger partial charge in [0.15, 0.2) is 0 Å².